The van der Waals surface area contributed by atoms with Crippen molar-refractivity contribution >= 4 is 23.9 Å². The largest absolute Gasteiger partial charge is 0.479 e. The standard InChI is InChI=1S/C53H82O20/c1-12-24(3)44(65)72-41-42(73-45(66)25(4)13-2)53(23-55)28(20-48(41,6)7)27-14-15-31-49(8)18-17-32(50(9,22-54)30(49)16-19-51(31,10)52(27,11)39(62)40(53)68-26(5)56)69-47-36(61)37(35(60)38(71-47)43(63)64)70-46-34(59)33(58)29(57)21-67-46/h12,14,25,28-42,46-47,54-55,57-62H,13,15-23H2,1-11H3,(H,63,64)/t25-,28+,29+,30-,31-,32+,33+,34-,35+,36-,37+,38+,39+,40-,41+,42+,46+,47-,49+,50+,51-,52+,53+/m1/s1. The van der Waals surface area contributed by atoms with Gasteiger partial charge in [-0.25, -0.2) is 9.59 Å². The zero-order valence-electron chi connectivity index (χ0n) is 44.1. The van der Waals surface area contributed by atoms with Crippen LogP contribution in [0.5, 0.6) is 0 Å². The molecule has 7 aliphatic rings. The third-order valence-corrected chi connectivity index (χ3v) is 19.9. The van der Waals surface area contributed by atoms with Crippen LogP contribution in [-0.4, -0.2) is 175 Å². The minimum absolute atomic E-state index is 0.196. The number of carbonyl (C=O) groups is 4. The quantitative estimate of drug-likeness (QED) is 0.0419. The highest BCUT2D eigenvalue weighted by Crippen LogP contribution is 2.76. The van der Waals surface area contributed by atoms with E-state index in [2.05, 4.69) is 19.9 Å². The Kier molecular flexibility index (Phi) is 16.3. The lowest BCUT2D eigenvalue weighted by atomic mass is 9.32. The van der Waals surface area contributed by atoms with Crippen molar-refractivity contribution in [2.24, 2.45) is 56.2 Å². The topological polar surface area (TPSA) is 315 Å². The minimum atomic E-state index is -2.00. The van der Waals surface area contributed by atoms with Gasteiger partial charge in [0, 0.05) is 28.7 Å². The molecule has 0 unspecified atom stereocenters. The molecular weight excluding hydrogens is 957 g/mol. The molecule has 7 rings (SSSR count). The SMILES string of the molecule is CC=C(C)C(=O)O[C@H]1[C@H](OC(=O)[C@H](C)CC)[C@]2(CO)[C@H](OC(C)=O)[C@H](O)[C@]3(C)C(=CC[C@@H]4[C@@]5(C)CC[C@H](O[C@@H]6O[C@H](C(=O)O)[C@@H](O)[C@H](O[C@@H]7OC[C@H](O)[C@H](O)[C@H]7O)[C@H]6O)[C@@](C)(CO)[C@@H]5CC[C@]43C)[C@@H]2CC1(C)C. The van der Waals surface area contributed by atoms with E-state index in [1.165, 1.54) is 6.92 Å². The van der Waals surface area contributed by atoms with Crippen molar-refractivity contribution in [3.8, 4) is 0 Å². The lowest BCUT2D eigenvalue weighted by Gasteiger charge is -2.73. The minimum Gasteiger partial charge on any atom is -0.479 e. The molecule has 2 saturated heterocycles. The van der Waals surface area contributed by atoms with Gasteiger partial charge in [-0.1, -0.05) is 73.1 Å². The number of aliphatic carboxylic acids is 1. The van der Waals surface area contributed by atoms with Gasteiger partial charge in [-0.3, -0.25) is 9.59 Å². The van der Waals surface area contributed by atoms with E-state index in [4.69, 9.17) is 33.2 Å². The van der Waals surface area contributed by atoms with Crippen LogP contribution in [0.3, 0.4) is 0 Å². The van der Waals surface area contributed by atoms with Crippen molar-refractivity contribution < 1.29 is 98.3 Å². The van der Waals surface area contributed by atoms with Crippen molar-refractivity contribution in [1.82, 2.24) is 0 Å². The van der Waals surface area contributed by atoms with Gasteiger partial charge in [0.2, 0.25) is 0 Å². The number of aliphatic hydroxyl groups excluding tert-OH is 8. The summed E-state index contributed by atoms with van der Waals surface area (Å²) in [4.78, 5) is 53.5. The van der Waals surface area contributed by atoms with Crippen LogP contribution < -0.4 is 0 Å². The van der Waals surface area contributed by atoms with Gasteiger partial charge in [0.15, 0.2) is 24.8 Å². The van der Waals surface area contributed by atoms with Crippen LogP contribution in [-0.2, 0) is 52.3 Å². The molecule has 23 atom stereocenters. The summed E-state index contributed by atoms with van der Waals surface area (Å²) in [6, 6.07) is 0. The summed E-state index contributed by atoms with van der Waals surface area (Å²) >= 11 is 0. The highest BCUT2D eigenvalue weighted by Gasteiger charge is 2.77. The first-order chi connectivity index (χ1) is 34.0. The van der Waals surface area contributed by atoms with E-state index in [0.29, 0.717) is 37.7 Å². The van der Waals surface area contributed by atoms with E-state index < -0.39 is 174 Å². The van der Waals surface area contributed by atoms with Gasteiger partial charge in [0.1, 0.15) is 54.9 Å². The zero-order chi connectivity index (χ0) is 54.3. The molecule has 0 radical (unpaired) electrons. The normalized spacial score (nSPS) is 47.8. The molecule has 0 amide bonds. The number of ether oxygens (including phenoxy) is 7. The molecule has 0 aromatic rings. The maximum Gasteiger partial charge on any atom is 0.335 e. The maximum absolute atomic E-state index is 14.0. The van der Waals surface area contributed by atoms with Crippen LogP contribution in [0.2, 0.25) is 0 Å². The molecule has 0 aromatic heterocycles. The van der Waals surface area contributed by atoms with E-state index in [-0.39, 0.29) is 24.7 Å². The molecule has 73 heavy (non-hydrogen) atoms. The molecule has 0 aromatic carbocycles. The fraction of sp³-hybridized carbons (Fsp3) is 0.849. The van der Waals surface area contributed by atoms with Crippen molar-refractivity contribution in [1.29, 1.82) is 0 Å². The van der Waals surface area contributed by atoms with Gasteiger partial charge < -0.3 is 79.1 Å². The van der Waals surface area contributed by atoms with Gasteiger partial charge >= 0.3 is 23.9 Å². The monoisotopic (exact) mass is 1040 g/mol. The average Bonchev–Trinajstić information content (AvgIpc) is 3.33. The predicted molar refractivity (Wildman–Crippen MR) is 255 cm³/mol. The number of carboxylic acid groups (broad SMARTS) is 1. The summed E-state index contributed by atoms with van der Waals surface area (Å²) in [6.07, 6.45) is -15.7. The molecule has 2 aliphatic heterocycles. The van der Waals surface area contributed by atoms with Gasteiger partial charge in [0.25, 0.3) is 0 Å². The van der Waals surface area contributed by atoms with Crippen molar-refractivity contribution in [2.75, 3.05) is 19.8 Å². The number of fused-ring (bicyclic) bond motifs is 7. The maximum atomic E-state index is 14.0. The second-order valence-corrected chi connectivity index (χ2v) is 24.0. The predicted octanol–water partition coefficient (Wildman–Crippen LogP) is 2.06. The summed E-state index contributed by atoms with van der Waals surface area (Å²) in [6.45, 7) is 18.5. The Balaban J connectivity index is 1.26. The summed E-state index contributed by atoms with van der Waals surface area (Å²) < 4.78 is 42.4. The number of esters is 3. The number of allylic oxidation sites excluding steroid dienone is 2. The molecule has 6 fully saturated rings. The Morgan fingerprint density at radius 1 is 0.808 bits per heavy atom. The summed E-state index contributed by atoms with van der Waals surface area (Å²) in [5.74, 6) is -5.32. The molecule has 20 nitrogen and oxygen atoms in total. The molecule has 20 heteroatoms. The van der Waals surface area contributed by atoms with Crippen LogP contribution in [0, 0.1) is 56.2 Å². The van der Waals surface area contributed by atoms with E-state index in [9.17, 15) is 65.1 Å². The Bertz CT molecular complexity index is 2150. The highest BCUT2D eigenvalue weighted by molar-refractivity contribution is 5.88. The fourth-order valence-electron chi connectivity index (χ4n) is 15.1. The molecule has 9 N–H and O–H groups in total. The zero-order valence-corrected chi connectivity index (χ0v) is 44.1. The number of aliphatic hydroxyl groups is 8. The second kappa shape index (κ2) is 20.7. The molecular formula is C53H82O20. The van der Waals surface area contributed by atoms with Crippen LogP contribution in [0.25, 0.3) is 0 Å². The molecule has 5 aliphatic carbocycles. The lowest BCUT2D eigenvalue weighted by molar-refractivity contribution is -0.358. The molecule has 2 heterocycles. The first kappa shape index (κ1) is 57.6. The van der Waals surface area contributed by atoms with Crippen LogP contribution >= 0.6 is 0 Å². The van der Waals surface area contributed by atoms with Crippen molar-refractivity contribution in [3.63, 3.8) is 0 Å². The van der Waals surface area contributed by atoms with Crippen LogP contribution in [0.4, 0.5) is 0 Å². The molecule has 0 spiro atoms. The smallest absolute Gasteiger partial charge is 0.335 e. The lowest BCUT2D eigenvalue weighted by Crippen LogP contribution is -2.77. The Morgan fingerprint density at radius 2 is 1.48 bits per heavy atom. The Labute approximate surface area is 427 Å². The molecule has 4 saturated carbocycles. The summed E-state index contributed by atoms with van der Waals surface area (Å²) in [7, 11) is 0. The third-order valence-electron chi connectivity index (χ3n) is 19.9. The first-order valence-electron chi connectivity index (χ1n) is 26.0. The molecule has 0 bridgehead atoms. The average molecular weight is 1040 g/mol. The first-order valence-corrected chi connectivity index (χ1v) is 26.0. The number of rotatable bonds is 13. The third kappa shape index (κ3) is 9.01. The van der Waals surface area contributed by atoms with E-state index in [1.807, 2.05) is 34.6 Å². The number of carbonyl (C=O) groups excluding carboxylic acids is 3. The van der Waals surface area contributed by atoms with Gasteiger partial charge in [-0.2, -0.15) is 0 Å². The Hall–Kier alpha value is -3.12. The Morgan fingerprint density at radius 3 is 2.07 bits per heavy atom. The van der Waals surface area contributed by atoms with Gasteiger partial charge in [-0.15, -0.1) is 0 Å². The van der Waals surface area contributed by atoms with Crippen molar-refractivity contribution in [2.45, 2.75) is 207 Å². The van der Waals surface area contributed by atoms with E-state index in [0.717, 1.165) is 5.57 Å². The van der Waals surface area contributed by atoms with Gasteiger partial charge in [0.05, 0.1) is 37.3 Å². The number of carboxylic acids is 1. The molecule has 414 valence electrons. The second-order valence-electron chi connectivity index (χ2n) is 24.0. The number of hydrogen-bond acceptors (Lipinski definition) is 19. The number of hydrogen-bond donors (Lipinski definition) is 9. The van der Waals surface area contributed by atoms with E-state index in [1.54, 1.807) is 26.8 Å². The van der Waals surface area contributed by atoms with Crippen LogP contribution in [0.1, 0.15) is 121 Å². The highest BCUT2D eigenvalue weighted by atomic mass is 16.7. The van der Waals surface area contributed by atoms with Crippen molar-refractivity contribution in [3.05, 3.63) is 23.3 Å². The fourth-order valence-corrected chi connectivity index (χ4v) is 15.1. The van der Waals surface area contributed by atoms with Crippen LogP contribution in [0.15, 0.2) is 23.3 Å². The van der Waals surface area contributed by atoms with Gasteiger partial charge in [-0.05, 0) is 87.4 Å². The van der Waals surface area contributed by atoms with E-state index >= 15 is 0 Å². The summed E-state index contributed by atoms with van der Waals surface area (Å²) in [5.41, 5.74) is -5.00. The summed E-state index contributed by atoms with van der Waals surface area (Å²) in [5, 5.41) is 101.